The summed E-state index contributed by atoms with van der Waals surface area (Å²) in [6.07, 6.45) is 97.4. The van der Waals surface area contributed by atoms with Crippen molar-refractivity contribution >= 4 is 19.8 Å². The molecule has 0 aromatic rings. The van der Waals surface area contributed by atoms with E-state index in [1.54, 1.807) is 0 Å². The summed E-state index contributed by atoms with van der Waals surface area (Å²) in [4.78, 5) is 35.9. The van der Waals surface area contributed by atoms with E-state index in [1.165, 1.54) is 167 Å². The number of ether oxygens (including phenoxy) is 2. The molecule has 9 nitrogen and oxygen atoms in total. The minimum absolute atomic E-state index is 0.0262. The third-order valence-corrected chi connectivity index (χ3v) is 16.5. The minimum atomic E-state index is -4.40. The molecule has 0 saturated heterocycles. The van der Waals surface area contributed by atoms with Crippen molar-refractivity contribution in [2.75, 3.05) is 47.5 Å². The minimum Gasteiger partial charge on any atom is -0.462 e. The molecule has 0 heterocycles. The average Bonchev–Trinajstić information content (AvgIpc) is 3.60. The molecule has 0 aromatic heterocycles. The van der Waals surface area contributed by atoms with Crippen molar-refractivity contribution in [1.82, 2.24) is 0 Å². The highest BCUT2D eigenvalue weighted by molar-refractivity contribution is 7.47. The highest BCUT2D eigenvalue weighted by atomic mass is 31.2. The Balaban J connectivity index is 4.00. The van der Waals surface area contributed by atoms with Gasteiger partial charge in [0.2, 0.25) is 0 Å². The maximum Gasteiger partial charge on any atom is 0.472 e. The fourth-order valence-electron chi connectivity index (χ4n) is 10.0. The zero-order valence-corrected chi connectivity index (χ0v) is 58.6. The molecule has 506 valence electrons. The highest BCUT2D eigenvalue weighted by Gasteiger charge is 2.27. The van der Waals surface area contributed by atoms with Crippen LogP contribution < -0.4 is 0 Å². The summed E-state index contributed by atoms with van der Waals surface area (Å²) in [6, 6.07) is 0. The zero-order valence-electron chi connectivity index (χ0n) is 57.7. The van der Waals surface area contributed by atoms with Crippen LogP contribution in [0, 0.1) is 0 Å². The summed E-state index contributed by atoms with van der Waals surface area (Å²) in [6.45, 7) is 4.22. The smallest absolute Gasteiger partial charge is 0.462 e. The first kappa shape index (κ1) is 84.4. The number of likely N-dealkylation sites (N-methyl/N-ethyl adjacent to an activating group) is 1. The molecule has 0 spiro atoms. The van der Waals surface area contributed by atoms with Crippen LogP contribution in [0.4, 0.5) is 0 Å². The van der Waals surface area contributed by atoms with Crippen LogP contribution in [0.15, 0.2) is 122 Å². The number of phosphoric ester groups is 1. The van der Waals surface area contributed by atoms with E-state index < -0.39 is 26.5 Å². The molecule has 0 fully saturated rings. The van der Waals surface area contributed by atoms with E-state index in [-0.39, 0.29) is 32.0 Å². The highest BCUT2D eigenvalue weighted by Crippen LogP contribution is 2.43. The molecule has 0 aliphatic carbocycles. The predicted molar refractivity (Wildman–Crippen MR) is 381 cm³/mol. The molecule has 1 N–H and O–H groups in total. The Kier molecular flexibility index (Phi) is 65.0. The third kappa shape index (κ3) is 71.5. The lowest BCUT2D eigenvalue weighted by molar-refractivity contribution is -0.870. The Hall–Kier alpha value is -3.59. The number of rotatable bonds is 66. The predicted octanol–water partition coefficient (Wildman–Crippen LogP) is 23.8. The average molecular weight is 1250 g/mol. The van der Waals surface area contributed by atoms with Crippen LogP contribution in [-0.4, -0.2) is 74.9 Å². The van der Waals surface area contributed by atoms with Gasteiger partial charge in [0.25, 0.3) is 0 Å². The lowest BCUT2D eigenvalue weighted by Crippen LogP contribution is -2.37. The second-order valence-corrected chi connectivity index (χ2v) is 26.7. The van der Waals surface area contributed by atoms with Gasteiger partial charge in [-0.1, -0.05) is 315 Å². The maximum atomic E-state index is 12.9. The van der Waals surface area contributed by atoms with Gasteiger partial charge in [-0.3, -0.25) is 18.6 Å². The molecule has 2 unspecified atom stereocenters. The van der Waals surface area contributed by atoms with Gasteiger partial charge in [-0.2, -0.15) is 0 Å². The molecular formula is C78H137NO8P+. The Bertz CT molecular complexity index is 1900. The molecule has 2 atom stereocenters. The summed E-state index contributed by atoms with van der Waals surface area (Å²) in [5.41, 5.74) is 0. The molecule has 88 heavy (non-hydrogen) atoms. The largest absolute Gasteiger partial charge is 0.472 e. The number of hydrogen-bond acceptors (Lipinski definition) is 7. The third-order valence-electron chi connectivity index (χ3n) is 15.5. The monoisotopic (exact) mass is 1250 g/mol. The molecule has 0 rings (SSSR count). The van der Waals surface area contributed by atoms with Gasteiger partial charge in [0, 0.05) is 12.8 Å². The second kappa shape index (κ2) is 67.8. The van der Waals surface area contributed by atoms with Crippen molar-refractivity contribution in [2.24, 2.45) is 0 Å². The number of allylic oxidation sites excluding steroid dienone is 20. The van der Waals surface area contributed by atoms with E-state index >= 15 is 0 Å². The standard InChI is InChI=1S/C78H136NO8P/c1-6-8-10-12-14-16-18-20-22-24-26-28-30-32-34-35-36-37-38-39-40-41-42-43-45-46-48-50-52-54-56-58-60-62-64-66-68-70-77(80)84-74-76(75-86-88(82,83)85-73-72-79(3,4)5)87-78(81)71-69-67-65-63-61-59-57-55-53-51-49-47-44-33-31-29-27-25-23-21-19-17-15-13-11-9-7-2/h8-11,14-17,20-23,26-29,33,44,49,51,76H,6-7,12-13,18-19,24-25,30-32,34-43,45-48,50,52-75H2,1-5H3/p+1/b10-8-,11-9-,16-14-,17-15-,22-20-,23-21-,28-26-,29-27-,44-33-,51-49-. The van der Waals surface area contributed by atoms with Gasteiger partial charge in [-0.05, 0) is 103 Å². The molecule has 0 aliphatic heterocycles. The molecule has 0 saturated carbocycles. The topological polar surface area (TPSA) is 108 Å². The first-order valence-electron chi connectivity index (χ1n) is 36.3. The van der Waals surface area contributed by atoms with Crippen molar-refractivity contribution in [3.05, 3.63) is 122 Å². The molecule has 0 bridgehead atoms. The van der Waals surface area contributed by atoms with Gasteiger partial charge in [-0.15, -0.1) is 0 Å². The summed E-state index contributed by atoms with van der Waals surface area (Å²) in [7, 11) is 1.47. The van der Waals surface area contributed by atoms with Crippen molar-refractivity contribution < 1.29 is 42.1 Å². The summed E-state index contributed by atoms with van der Waals surface area (Å²) >= 11 is 0. The van der Waals surface area contributed by atoms with Crippen LogP contribution in [-0.2, 0) is 32.7 Å². The van der Waals surface area contributed by atoms with Gasteiger partial charge < -0.3 is 18.9 Å². The fraction of sp³-hybridized carbons (Fsp3) is 0.718. The van der Waals surface area contributed by atoms with E-state index in [9.17, 15) is 19.0 Å². The van der Waals surface area contributed by atoms with E-state index in [2.05, 4.69) is 135 Å². The molecular weight excluding hydrogens is 1110 g/mol. The van der Waals surface area contributed by atoms with Crippen molar-refractivity contribution in [2.45, 2.75) is 315 Å². The van der Waals surface area contributed by atoms with Gasteiger partial charge in [-0.25, -0.2) is 4.57 Å². The van der Waals surface area contributed by atoms with E-state index in [4.69, 9.17) is 18.5 Å². The van der Waals surface area contributed by atoms with Crippen LogP contribution in [0.25, 0.3) is 0 Å². The number of carbonyl (C=O) groups is 2. The quantitative estimate of drug-likeness (QED) is 0.0211. The van der Waals surface area contributed by atoms with E-state index in [0.29, 0.717) is 17.4 Å². The SMILES string of the molecule is CC/C=C\C/C=C\C/C=C\C/C=C\C/C=C\C/C=C\CCCCCCCCCCC(=O)OC(COC(=O)CCCCCCCCCCCCCCCCCCCCCCCCCC/C=C\C/C=C\C/C=C\C/C=C\CC)COP(=O)(O)OCC[N+](C)(C)C. The van der Waals surface area contributed by atoms with Crippen molar-refractivity contribution in [3.63, 3.8) is 0 Å². The molecule has 10 heteroatoms. The van der Waals surface area contributed by atoms with E-state index in [0.717, 1.165) is 109 Å². The Morgan fingerprint density at radius 1 is 0.352 bits per heavy atom. The van der Waals surface area contributed by atoms with Gasteiger partial charge in [0.05, 0.1) is 27.7 Å². The Morgan fingerprint density at radius 3 is 0.909 bits per heavy atom. The molecule has 0 radical (unpaired) electrons. The molecule has 0 aromatic carbocycles. The van der Waals surface area contributed by atoms with Gasteiger partial charge in [0.15, 0.2) is 6.10 Å². The van der Waals surface area contributed by atoms with Crippen LogP contribution in [0.1, 0.15) is 309 Å². The summed E-state index contributed by atoms with van der Waals surface area (Å²) in [5.74, 6) is -0.801. The molecule has 0 amide bonds. The number of esters is 2. The first-order valence-corrected chi connectivity index (χ1v) is 37.8. The molecule has 0 aliphatic rings. The first-order chi connectivity index (χ1) is 43.0. The van der Waals surface area contributed by atoms with Crippen molar-refractivity contribution in [1.29, 1.82) is 0 Å². The van der Waals surface area contributed by atoms with E-state index in [1.807, 2.05) is 21.1 Å². The number of nitrogens with zero attached hydrogens (tertiary/aromatic N) is 1. The lowest BCUT2D eigenvalue weighted by atomic mass is 10.0. The Morgan fingerprint density at radius 2 is 0.614 bits per heavy atom. The second-order valence-electron chi connectivity index (χ2n) is 25.2. The zero-order chi connectivity index (χ0) is 64.1. The lowest BCUT2D eigenvalue weighted by Gasteiger charge is -2.24. The summed E-state index contributed by atoms with van der Waals surface area (Å²) < 4.78 is 34.7. The van der Waals surface area contributed by atoms with Crippen LogP contribution in [0.2, 0.25) is 0 Å². The normalized spacial score (nSPS) is 13.8. The van der Waals surface area contributed by atoms with Crippen LogP contribution >= 0.6 is 7.82 Å². The van der Waals surface area contributed by atoms with Crippen LogP contribution in [0.3, 0.4) is 0 Å². The number of carbonyl (C=O) groups excluding carboxylic acids is 2. The number of quaternary nitrogens is 1. The maximum absolute atomic E-state index is 12.9. The Labute approximate surface area is 543 Å². The number of unbranched alkanes of at least 4 members (excludes halogenated alkanes) is 32. The van der Waals surface area contributed by atoms with Gasteiger partial charge in [0.1, 0.15) is 19.8 Å². The van der Waals surface area contributed by atoms with Crippen molar-refractivity contribution in [3.8, 4) is 0 Å². The summed E-state index contributed by atoms with van der Waals surface area (Å²) in [5, 5.41) is 0. The van der Waals surface area contributed by atoms with Crippen LogP contribution in [0.5, 0.6) is 0 Å². The van der Waals surface area contributed by atoms with Gasteiger partial charge >= 0.3 is 19.8 Å². The number of phosphoric acid groups is 1. The number of hydrogen-bond donors (Lipinski definition) is 1. The fourth-order valence-corrected chi connectivity index (χ4v) is 10.8.